The molecule has 0 aromatic heterocycles. The van der Waals surface area contributed by atoms with Gasteiger partial charge in [-0.15, -0.1) is 0 Å². The molecular formula is C27H50FN9. The summed E-state index contributed by atoms with van der Waals surface area (Å²) in [5.74, 6) is 12.0. The quantitative estimate of drug-likeness (QED) is 0.137. The predicted molar refractivity (Wildman–Crippen MR) is 153 cm³/mol. The zero-order valence-electron chi connectivity index (χ0n) is 23.6. The van der Waals surface area contributed by atoms with Gasteiger partial charge in [0.25, 0.3) is 0 Å². The molecule has 0 aliphatic rings. The maximum atomic E-state index is 12.4. The van der Waals surface area contributed by atoms with Gasteiger partial charge in [-0.3, -0.25) is 15.1 Å². The van der Waals surface area contributed by atoms with Crippen LogP contribution in [-0.4, -0.2) is 47.3 Å². The molecule has 10 heteroatoms. The van der Waals surface area contributed by atoms with Crippen LogP contribution in [0, 0.1) is 0 Å². The highest BCUT2D eigenvalue weighted by atomic mass is 19.1. The van der Waals surface area contributed by atoms with Crippen molar-refractivity contribution in [2.45, 2.75) is 72.0 Å². The van der Waals surface area contributed by atoms with Gasteiger partial charge in [-0.05, 0) is 65.5 Å². The van der Waals surface area contributed by atoms with E-state index in [4.69, 9.17) is 23.2 Å². The van der Waals surface area contributed by atoms with Gasteiger partial charge in [-0.25, -0.2) is 5.84 Å². The van der Waals surface area contributed by atoms with Crippen LogP contribution >= 0.6 is 0 Å². The van der Waals surface area contributed by atoms with Crippen molar-refractivity contribution in [3.63, 3.8) is 0 Å². The lowest BCUT2D eigenvalue weighted by Gasteiger charge is -2.27. The Bertz CT molecular complexity index is 881. The van der Waals surface area contributed by atoms with Crippen molar-refractivity contribution < 1.29 is 4.39 Å². The number of hydrogen-bond acceptors (Lipinski definition) is 9. The first-order valence-corrected chi connectivity index (χ1v) is 12.7. The lowest BCUT2D eigenvalue weighted by Crippen LogP contribution is -2.41. The van der Waals surface area contributed by atoms with Gasteiger partial charge in [0, 0.05) is 60.7 Å². The summed E-state index contributed by atoms with van der Waals surface area (Å²) >= 11 is 0. The van der Waals surface area contributed by atoms with E-state index in [2.05, 4.69) is 62.5 Å². The van der Waals surface area contributed by atoms with E-state index in [0.717, 1.165) is 23.2 Å². The molecule has 1 rings (SSSR count). The number of hydrazine groups is 2. The minimum Gasteiger partial charge on any atom is -0.400 e. The Kier molecular flexibility index (Phi) is 13.3. The molecular weight excluding hydrogens is 469 g/mol. The van der Waals surface area contributed by atoms with Crippen molar-refractivity contribution in [2.24, 2.45) is 23.2 Å². The summed E-state index contributed by atoms with van der Waals surface area (Å²) in [4.78, 5) is 2.07. The molecule has 0 atom stereocenters. The molecule has 0 fully saturated rings. The Balaban J connectivity index is 2.93. The Hall–Kier alpha value is -2.95. The van der Waals surface area contributed by atoms with E-state index < -0.39 is 0 Å². The molecule has 210 valence electrons. The highest BCUT2D eigenvalue weighted by Crippen LogP contribution is 2.10. The van der Waals surface area contributed by atoms with Gasteiger partial charge in [0.2, 0.25) is 0 Å². The van der Waals surface area contributed by atoms with Gasteiger partial charge in [0.05, 0.1) is 18.9 Å². The van der Waals surface area contributed by atoms with Gasteiger partial charge in [0.1, 0.15) is 0 Å². The molecule has 0 unspecified atom stereocenters. The van der Waals surface area contributed by atoms with Crippen molar-refractivity contribution in [1.29, 1.82) is 0 Å². The van der Waals surface area contributed by atoms with Gasteiger partial charge in [-0.2, -0.15) is 0 Å². The normalized spacial score (nSPS) is 13.6. The van der Waals surface area contributed by atoms with Gasteiger partial charge >= 0.3 is 0 Å². The fourth-order valence-corrected chi connectivity index (χ4v) is 3.31. The molecule has 9 nitrogen and oxygen atoms in total. The van der Waals surface area contributed by atoms with Crippen molar-refractivity contribution in [1.82, 2.24) is 26.0 Å². The van der Waals surface area contributed by atoms with Crippen LogP contribution in [-0.2, 0) is 13.0 Å². The number of alkyl halides is 1. The monoisotopic (exact) mass is 519 g/mol. The van der Waals surface area contributed by atoms with Crippen LogP contribution in [0.25, 0.3) is 0 Å². The van der Waals surface area contributed by atoms with Crippen molar-refractivity contribution >= 4 is 0 Å². The summed E-state index contributed by atoms with van der Waals surface area (Å²) in [6.07, 6.45) is 6.68. The number of benzene rings is 1. The van der Waals surface area contributed by atoms with Crippen LogP contribution in [0.2, 0.25) is 0 Å². The summed E-state index contributed by atoms with van der Waals surface area (Å²) in [6, 6.07) is 8.02. The van der Waals surface area contributed by atoms with E-state index in [0.29, 0.717) is 44.0 Å². The second-order valence-electron chi connectivity index (χ2n) is 11.5. The second kappa shape index (κ2) is 15.3. The van der Waals surface area contributed by atoms with Crippen molar-refractivity contribution in [3.05, 3.63) is 71.1 Å². The van der Waals surface area contributed by atoms with Crippen molar-refractivity contribution in [2.75, 3.05) is 26.3 Å². The molecule has 0 saturated carbocycles. The third-order valence-corrected chi connectivity index (χ3v) is 5.08. The van der Waals surface area contributed by atoms with E-state index in [9.17, 15) is 4.39 Å². The Morgan fingerprint density at radius 1 is 0.865 bits per heavy atom. The fourth-order valence-electron chi connectivity index (χ4n) is 3.31. The molecule has 37 heavy (non-hydrogen) atoms. The lowest BCUT2D eigenvalue weighted by molar-refractivity contribution is 0.326. The number of nitrogens with zero attached hydrogens (tertiary/aromatic N) is 2. The second-order valence-corrected chi connectivity index (χ2v) is 11.5. The summed E-state index contributed by atoms with van der Waals surface area (Å²) in [6.45, 7) is 14.0. The molecule has 0 radical (unpaired) electrons. The maximum absolute atomic E-state index is 12.4. The smallest absolute Gasteiger partial charge is 0.0897 e. The maximum Gasteiger partial charge on any atom is 0.0897 e. The van der Waals surface area contributed by atoms with Crippen LogP contribution in [0.1, 0.15) is 59.1 Å². The SMILES string of the molecule is CC(C)(C)N/C=C(\N)CN(C/C(N)=C/N(N)Cc1ccc(CCCF)cc1)C/C(=C/NC(C)(C)C)NN. The highest BCUT2D eigenvalue weighted by molar-refractivity contribution is 5.23. The van der Waals surface area contributed by atoms with E-state index >= 15 is 0 Å². The first kappa shape index (κ1) is 32.1. The molecule has 0 spiro atoms. The number of rotatable bonds is 15. The molecule has 0 aliphatic heterocycles. The number of halogens is 1. The van der Waals surface area contributed by atoms with Gasteiger partial charge < -0.3 is 32.5 Å². The number of nitrogens with two attached hydrogens (primary N) is 4. The zero-order valence-corrected chi connectivity index (χ0v) is 23.6. The standard InChI is InChI=1S/C27H50FN9/c1-26(2,3)33-14-23(29)17-36(20-25(35-31)15-34-27(4,5)6)18-24(30)19-37(32)16-22-11-9-21(10-12-22)8-7-13-28/h9-12,14-15,19,33-35H,7-8,13,16-18,20,29-32H2,1-6H3/b23-14-,24-19-,25-15-. The number of nitrogens with one attached hydrogen (secondary N) is 3. The van der Waals surface area contributed by atoms with Gasteiger partial charge in [0.15, 0.2) is 0 Å². The Labute approximate surface area is 223 Å². The molecule has 11 N–H and O–H groups in total. The molecule has 0 bridgehead atoms. The van der Waals surface area contributed by atoms with E-state index in [-0.39, 0.29) is 17.8 Å². The first-order valence-electron chi connectivity index (χ1n) is 12.7. The molecule has 0 saturated heterocycles. The van der Waals surface area contributed by atoms with Crippen LogP contribution in [0.4, 0.5) is 4.39 Å². The highest BCUT2D eigenvalue weighted by Gasteiger charge is 2.14. The largest absolute Gasteiger partial charge is 0.400 e. The van der Waals surface area contributed by atoms with Crippen LogP contribution < -0.4 is 39.2 Å². The van der Waals surface area contributed by atoms with Crippen LogP contribution in [0.3, 0.4) is 0 Å². The van der Waals surface area contributed by atoms with Gasteiger partial charge in [-0.1, -0.05) is 24.3 Å². The molecule has 0 heterocycles. The Morgan fingerprint density at radius 2 is 1.41 bits per heavy atom. The predicted octanol–water partition coefficient (Wildman–Crippen LogP) is 2.25. The molecule has 0 aliphatic carbocycles. The zero-order chi connectivity index (χ0) is 28.1. The molecule has 1 aromatic carbocycles. The minimum atomic E-state index is -0.306. The van der Waals surface area contributed by atoms with E-state index in [1.165, 1.54) is 0 Å². The lowest BCUT2D eigenvalue weighted by atomic mass is 10.1. The minimum absolute atomic E-state index is 0.0968. The average molecular weight is 520 g/mol. The Morgan fingerprint density at radius 3 is 1.95 bits per heavy atom. The first-order chi connectivity index (χ1) is 17.2. The third-order valence-electron chi connectivity index (χ3n) is 5.08. The number of hydrogen-bond donors (Lipinski definition) is 7. The van der Waals surface area contributed by atoms with E-state index in [1.807, 2.05) is 36.7 Å². The fraction of sp³-hybridized carbons (Fsp3) is 0.556. The van der Waals surface area contributed by atoms with Crippen LogP contribution in [0.15, 0.2) is 60.0 Å². The summed E-state index contributed by atoms with van der Waals surface area (Å²) < 4.78 is 12.4. The van der Waals surface area contributed by atoms with Crippen LogP contribution in [0.5, 0.6) is 0 Å². The van der Waals surface area contributed by atoms with E-state index in [1.54, 1.807) is 11.2 Å². The summed E-state index contributed by atoms with van der Waals surface area (Å²) in [5, 5.41) is 8.18. The molecule has 0 amide bonds. The summed E-state index contributed by atoms with van der Waals surface area (Å²) in [5.41, 5.74) is 19.5. The third kappa shape index (κ3) is 15.7. The summed E-state index contributed by atoms with van der Waals surface area (Å²) in [7, 11) is 0. The van der Waals surface area contributed by atoms with Crippen molar-refractivity contribution in [3.8, 4) is 0 Å². The average Bonchev–Trinajstić information content (AvgIpc) is 2.78. The topological polar surface area (TPSA) is 147 Å². The number of aryl methyl sites for hydroxylation is 1. The molecule has 1 aromatic rings.